The highest BCUT2D eigenvalue weighted by molar-refractivity contribution is 6.39. The molecule has 0 unspecified atom stereocenters. The molecule has 4 aromatic heterocycles. The van der Waals surface area contributed by atoms with Crippen LogP contribution >= 0.6 is 0 Å². The number of aliphatic hydroxyl groups is 2. The summed E-state index contributed by atoms with van der Waals surface area (Å²) in [6.07, 6.45) is 16.5. The molecule has 5 aromatic rings. The van der Waals surface area contributed by atoms with Gasteiger partial charge in [-0.3, -0.25) is 24.0 Å². The molecule has 37 heteroatoms. The van der Waals surface area contributed by atoms with Gasteiger partial charge in [0.1, 0.15) is 53.7 Å². The topological polar surface area (TPSA) is 479 Å². The lowest BCUT2D eigenvalue weighted by atomic mass is 9.80. The van der Waals surface area contributed by atoms with E-state index < -0.39 is 89.8 Å². The molecule has 3 amide bonds. The smallest absolute Gasteiger partial charge is 0.407 e. The predicted molar refractivity (Wildman–Crippen MR) is 481 cm³/mol. The van der Waals surface area contributed by atoms with Gasteiger partial charge in [-0.25, -0.2) is 28.9 Å². The molecule has 2 bridgehead atoms. The van der Waals surface area contributed by atoms with Crippen molar-refractivity contribution >= 4 is 69.0 Å². The summed E-state index contributed by atoms with van der Waals surface area (Å²) in [4.78, 5) is 111. The Kier molecular flexibility index (Phi) is 44.8. The number of alkyl carbamates (subject to hydrolysis) is 1. The van der Waals surface area contributed by atoms with Crippen molar-refractivity contribution in [2.45, 2.75) is 231 Å². The van der Waals surface area contributed by atoms with E-state index in [1.807, 2.05) is 31.3 Å². The van der Waals surface area contributed by atoms with Gasteiger partial charge in [0.2, 0.25) is 11.7 Å². The Morgan fingerprint density at radius 1 is 0.731 bits per heavy atom. The molecule has 3 fully saturated rings. The summed E-state index contributed by atoms with van der Waals surface area (Å²) in [7, 11) is 4.23. The number of piperidine rings is 1. The van der Waals surface area contributed by atoms with Gasteiger partial charge in [0, 0.05) is 94.2 Å². The molecular formula is C93H141N13O24. The van der Waals surface area contributed by atoms with E-state index in [-0.39, 0.29) is 86.1 Å². The number of ether oxygens (including phenoxy) is 14. The minimum absolute atomic E-state index is 0.00608. The number of hydrogen-bond donors (Lipinski definition) is 8. The number of aromatic amines is 1. The molecule has 0 radical (unpaired) electrons. The van der Waals surface area contributed by atoms with E-state index in [4.69, 9.17) is 82.9 Å². The van der Waals surface area contributed by atoms with E-state index >= 15 is 0 Å². The second-order valence-corrected chi connectivity index (χ2v) is 34.2. The molecule has 9 rings (SSSR count). The summed E-state index contributed by atoms with van der Waals surface area (Å²) in [6, 6.07) is 4.16. The maximum absolute atomic E-state index is 14.8. The lowest BCUT2D eigenvalue weighted by Crippen LogP contribution is -2.61. The van der Waals surface area contributed by atoms with Crippen LogP contribution in [0.3, 0.4) is 0 Å². The lowest BCUT2D eigenvalue weighted by Gasteiger charge is -2.43. The highest BCUT2D eigenvalue weighted by Crippen LogP contribution is 2.39. The van der Waals surface area contributed by atoms with Gasteiger partial charge in [-0.05, 0) is 158 Å². The Hall–Kier alpha value is -8.90. The van der Waals surface area contributed by atoms with Crippen LogP contribution in [-0.4, -0.2) is 308 Å². The van der Waals surface area contributed by atoms with E-state index in [1.165, 1.54) is 20.5 Å². The van der Waals surface area contributed by atoms with Crippen molar-refractivity contribution in [2.24, 2.45) is 35.3 Å². The number of hydrogen-bond acceptors (Lipinski definition) is 31. The van der Waals surface area contributed by atoms with Gasteiger partial charge in [0.05, 0.1) is 160 Å². The number of benzene rings is 1. The molecule has 37 nitrogen and oxygen atoms in total. The number of aliphatic hydroxyl groups excluding tert-OH is 1. The number of allylic oxidation sites excluding steroid dienone is 6. The van der Waals surface area contributed by atoms with Gasteiger partial charge in [0.15, 0.2) is 11.4 Å². The van der Waals surface area contributed by atoms with Gasteiger partial charge in [0.25, 0.3) is 11.7 Å². The number of rotatable bonds is 45. The first-order valence-corrected chi connectivity index (χ1v) is 46.0. The zero-order valence-corrected chi connectivity index (χ0v) is 77.2. The molecular weight excluding hydrogens is 1680 g/mol. The minimum atomic E-state index is -2.58. The van der Waals surface area contributed by atoms with Crippen LogP contribution in [0, 0.1) is 29.6 Å². The number of unbranched alkanes of at least 4 members (excludes halogenated alkanes) is 2. The number of fused-ring (bicyclic) bond motifs is 5. The first-order chi connectivity index (χ1) is 62.8. The Morgan fingerprint density at radius 3 is 2.09 bits per heavy atom. The third-order valence-corrected chi connectivity index (χ3v) is 24.3. The fourth-order valence-electron chi connectivity index (χ4n) is 16.7. The summed E-state index contributed by atoms with van der Waals surface area (Å²) in [5, 5.41) is 54.5. The molecule has 722 valence electrons. The molecule has 1 aromatic carbocycles. The van der Waals surface area contributed by atoms with Gasteiger partial charge >= 0.3 is 12.1 Å². The lowest BCUT2D eigenvalue weighted by molar-refractivity contribution is -0.264. The number of amides is 3. The van der Waals surface area contributed by atoms with E-state index in [0.29, 0.717) is 223 Å². The summed E-state index contributed by atoms with van der Waals surface area (Å²) in [5.41, 5.74) is 18.1. The summed E-state index contributed by atoms with van der Waals surface area (Å²) in [5.74, 6) is -8.40. The molecule has 7 heterocycles. The largest absolute Gasteiger partial charge is 0.508 e. The maximum atomic E-state index is 14.8. The number of esters is 1. The summed E-state index contributed by atoms with van der Waals surface area (Å²) < 4.78 is 84.2. The molecule has 10 N–H and O–H groups in total. The quantitative estimate of drug-likeness (QED) is 0.00793. The van der Waals surface area contributed by atoms with Gasteiger partial charge in [-0.15, -0.1) is 5.10 Å². The van der Waals surface area contributed by atoms with Crippen LogP contribution in [0.15, 0.2) is 84.4 Å². The number of ketones is 3. The van der Waals surface area contributed by atoms with Gasteiger partial charge < -0.3 is 114 Å². The van der Waals surface area contributed by atoms with Crippen LogP contribution in [0.2, 0.25) is 0 Å². The highest BCUT2D eigenvalue weighted by Gasteiger charge is 2.53. The third-order valence-electron chi connectivity index (χ3n) is 24.3. The number of anilines is 1. The van der Waals surface area contributed by atoms with Crippen LogP contribution in [-0.2, 0) is 115 Å². The van der Waals surface area contributed by atoms with Crippen molar-refractivity contribution < 1.29 is 115 Å². The second-order valence-electron chi connectivity index (χ2n) is 34.2. The molecule has 130 heavy (non-hydrogen) atoms. The maximum Gasteiger partial charge on any atom is 0.407 e. The Labute approximate surface area is 761 Å². The molecule has 3 aliphatic heterocycles. The fraction of sp³-hybridized carbons (Fsp3) is 0.677. The number of nitrogens with zero attached hydrogens (tertiary/aromatic N) is 8. The average molecular weight is 1830 g/mol. The van der Waals surface area contributed by atoms with Crippen LogP contribution < -0.4 is 22.1 Å². The van der Waals surface area contributed by atoms with E-state index in [2.05, 4.69) is 35.9 Å². The highest BCUT2D eigenvalue weighted by atomic mass is 16.6. The van der Waals surface area contributed by atoms with Gasteiger partial charge in [-0.1, -0.05) is 74.9 Å². The predicted octanol–water partition coefficient (Wildman–Crippen LogP) is 7.92. The SMILES string of the molecule is COC(=O)N[C@H]1C[C@@H]2CC[C@@H](C)[C@@](O)(O2)C(=O)C(=O)N2CCCC[C@H]2C(=O)O[C@H]([C@H](N)C[C@@H]2CC[C@@H](OCCCCc3cn(CCOCCOCCOCCOCCOCCOCCOCCOCCC(=O)NCCCCn4nc(-c5cc6cc(O)ccc6[nH]5)c5c(N)ncnc54)nn3)[C@H](OC)C2)CC(=O)[C@H](C)/C=C(\C)[C@@H](O)[C@@H](OC)C(=O)[C@H](C)C[C@H](C)/C=C/C=CC=C1C. The molecule has 1 aliphatic carbocycles. The molecule has 0 spiro atoms. The molecule has 15 atom stereocenters. The number of phenols is 1. The third kappa shape index (κ3) is 33.1. The number of nitrogens with one attached hydrogen (secondary N) is 3. The van der Waals surface area contributed by atoms with Crippen LogP contribution in [0.1, 0.15) is 156 Å². The number of nitrogen functional groups attached to an aromatic ring is 1. The number of nitrogens with two attached hydrogens (primary N) is 2. The number of carbonyl (C=O) groups is 7. The van der Waals surface area contributed by atoms with Crippen molar-refractivity contribution in [3.05, 3.63) is 90.1 Å². The number of carbonyl (C=O) groups excluding carboxylic acids is 7. The van der Waals surface area contributed by atoms with Crippen molar-refractivity contribution in [3.8, 4) is 17.1 Å². The zero-order valence-electron chi connectivity index (χ0n) is 77.2. The van der Waals surface area contributed by atoms with Crippen LogP contribution in [0.25, 0.3) is 33.3 Å². The Bertz CT molecular complexity index is 4460. The van der Waals surface area contributed by atoms with E-state index in [0.717, 1.165) is 52.9 Å². The number of methoxy groups -OCH3 is 3. The van der Waals surface area contributed by atoms with Crippen molar-refractivity contribution in [2.75, 3.05) is 152 Å². The standard InChI is InChI=1S/C93H141N13O24/c1-61-19-11-10-12-20-62(2)74(100-92(115)119-9)57-71-26-23-66(6)93(116,130-71)87(112)90(113)105-31-16-13-22-76(105)91(114)129-79(58-77(108)63(3)52-65(5)85(111)86(118-8)84(110)64(4)51-61)72(94)53-67-24-28-78(80(54-67)117-7)128-34-18-14-21-69-59-104(103-101-69)33-36-121-38-40-123-42-44-125-46-48-127-50-49-126-47-45-124-43-41-122-39-37-120-35-29-81(109)96-30-15-17-32-106-89-82(88(95)97-60-98-89)83(102-106)75-56-68-55-70(107)25-27-73(68)99-75/h10-12,19-20,25,27,52,55-56,59-61,63-64,66-67,71-72,74,76,78-80,85-86,99,107,111,116H,13-18,21-24,26,28-51,53-54,57-58,94H2,1-9H3,(H,96,109)(H,100,115)(H2,95,97,98)/b12-10?,19-11+,62-20?,65-52+/t61-,63-,64-,66-,67+,71+,72-,74+,76+,78-,79+,80-,85-,86+,93-/m1/s1. The van der Waals surface area contributed by atoms with Gasteiger partial charge in [-0.2, -0.15) is 5.10 Å². The minimum Gasteiger partial charge on any atom is -0.508 e. The van der Waals surface area contributed by atoms with Crippen molar-refractivity contribution in [1.29, 1.82) is 0 Å². The molecule has 1 saturated carbocycles. The monoisotopic (exact) mass is 1820 g/mol. The van der Waals surface area contributed by atoms with Crippen molar-refractivity contribution in [1.82, 2.24) is 55.3 Å². The summed E-state index contributed by atoms with van der Waals surface area (Å²) in [6.45, 7) is 19.0. The molecule has 2 saturated heterocycles. The Balaban J connectivity index is 0.596. The number of phenolic OH excluding ortho intramolecular Hbond substituents is 1. The molecule has 4 aliphatic rings. The number of H-pyrrole nitrogens is 1. The second kappa shape index (κ2) is 55.6. The van der Waals surface area contributed by atoms with Crippen LogP contribution in [0.5, 0.6) is 5.75 Å². The number of aromatic nitrogens is 8. The first-order valence-electron chi connectivity index (χ1n) is 46.0. The van der Waals surface area contributed by atoms with Crippen LogP contribution in [0.4, 0.5) is 10.6 Å². The number of cyclic esters (lactones) is 1. The average Bonchev–Trinajstić information content (AvgIpc) is 1.57. The summed E-state index contributed by atoms with van der Waals surface area (Å²) >= 11 is 0. The number of aryl methyl sites for hydroxylation is 2. The number of Topliss-reactive ketones (excluding diaryl/α,β-unsaturated/α-hetero) is 3. The normalized spacial score (nSPS) is 25.5. The van der Waals surface area contributed by atoms with E-state index in [1.54, 1.807) is 93.6 Å². The first kappa shape index (κ1) is 105. The fourth-order valence-corrected chi connectivity index (χ4v) is 16.7. The van der Waals surface area contributed by atoms with E-state index in [9.17, 15) is 48.9 Å². The van der Waals surface area contributed by atoms with Crippen molar-refractivity contribution in [3.63, 3.8) is 0 Å². The zero-order chi connectivity index (χ0) is 93.3. The number of aromatic hydroxyl groups is 1. The Morgan fingerprint density at radius 2 is 1.42 bits per heavy atom.